The second-order valence-corrected chi connectivity index (χ2v) is 3.76. The monoisotopic (exact) mass is 235 g/mol. The van der Waals surface area contributed by atoms with Gasteiger partial charge in [0, 0.05) is 0 Å². The Kier molecular flexibility index (Phi) is 3.30. The van der Waals surface area contributed by atoms with E-state index in [-0.39, 0.29) is 18.9 Å². The van der Waals surface area contributed by atoms with E-state index in [0.717, 1.165) is 10.5 Å². The molecular formula is C12H13NO4. The van der Waals surface area contributed by atoms with Crippen molar-refractivity contribution in [2.75, 3.05) is 6.54 Å². The lowest BCUT2D eigenvalue weighted by Gasteiger charge is -2.13. The highest BCUT2D eigenvalue weighted by molar-refractivity contribution is 5.69. The number of carbonyl (C=O) groups excluding carboxylic acids is 1. The Morgan fingerprint density at radius 3 is 2.71 bits per heavy atom. The van der Waals surface area contributed by atoms with Gasteiger partial charge in [-0.1, -0.05) is 30.3 Å². The van der Waals surface area contributed by atoms with Crippen LogP contribution in [0.1, 0.15) is 5.56 Å². The third-order valence-electron chi connectivity index (χ3n) is 2.44. The van der Waals surface area contributed by atoms with Gasteiger partial charge in [-0.25, -0.2) is 4.79 Å². The minimum absolute atomic E-state index is 0.0272. The van der Waals surface area contributed by atoms with Crippen LogP contribution in [0.5, 0.6) is 0 Å². The average Bonchev–Trinajstić information content (AvgIpc) is 2.68. The molecule has 1 amide bonds. The van der Waals surface area contributed by atoms with Gasteiger partial charge in [-0.15, -0.1) is 0 Å². The Morgan fingerprint density at radius 1 is 1.41 bits per heavy atom. The largest absolute Gasteiger partial charge is 0.508 e. The van der Waals surface area contributed by atoms with E-state index >= 15 is 0 Å². The highest BCUT2D eigenvalue weighted by Crippen LogP contribution is 2.14. The SMILES string of the molecule is O=C(OCc1ccccc1)N1C=C(O)C(O)C1. The van der Waals surface area contributed by atoms with Crippen molar-refractivity contribution in [1.29, 1.82) is 0 Å². The lowest BCUT2D eigenvalue weighted by molar-refractivity contribution is 0.0992. The molecule has 0 fully saturated rings. The Hall–Kier alpha value is -2.01. The summed E-state index contributed by atoms with van der Waals surface area (Å²) in [6.45, 7) is 0.195. The quantitative estimate of drug-likeness (QED) is 0.812. The number of aliphatic hydroxyl groups excluding tert-OH is 2. The molecule has 0 spiro atoms. The Labute approximate surface area is 98.5 Å². The van der Waals surface area contributed by atoms with Gasteiger partial charge in [0.05, 0.1) is 12.7 Å². The van der Waals surface area contributed by atoms with Crippen LogP contribution in [0, 0.1) is 0 Å². The fraction of sp³-hybridized carbons (Fsp3) is 0.250. The van der Waals surface area contributed by atoms with Gasteiger partial charge >= 0.3 is 6.09 Å². The molecule has 0 aliphatic carbocycles. The molecule has 1 unspecified atom stereocenters. The fourth-order valence-corrected chi connectivity index (χ4v) is 1.51. The number of ether oxygens (including phenoxy) is 1. The third kappa shape index (κ3) is 2.76. The van der Waals surface area contributed by atoms with Gasteiger partial charge < -0.3 is 14.9 Å². The van der Waals surface area contributed by atoms with Crippen LogP contribution in [-0.2, 0) is 11.3 Å². The summed E-state index contributed by atoms with van der Waals surface area (Å²) in [5.74, 6) is -0.221. The summed E-state index contributed by atoms with van der Waals surface area (Å²) in [5, 5.41) is 18.4. The van der Waals surface area contributed by atoms with Crippen LogP contribution in [0.25, 0.3) is 0 Å². The molecule has 1 aromatic carbocycles. The molecule has 0 radical (unpaired) electrons. The van der Waals surface area contributed by atoms with Gasteiger partial charge in [0.1, 0.15) is 18.5 Å². The normalized spacial score (nSPS) is 19.0. The predicted molar refractivity (Wildman–Crippen MR) is 60.1 cm³/mol. The van der Waals surface area contributed by atoms with Crippen molar-refractivity contribution >= 4 is 6.09 Å². The van der Waals surface area contributed by atoms with Crippen LogP contribution in [0.2, 0.25) is 0 Å². The number of hydrogen-bond donors (Lipinski definition) is 2. The summed E-state index contributed by atoms with van der Waals surface area (Å²) in [6.07, 6.45) is -0.422. The van der Waals surface area contributed by atoms with Crippen molar-refractivity contribution in [2.45, 2.75) is 12.7 Å². The summed E-state index contributed by atoms with van der Waals surface area (Å²) in [5.41, 5.74) is 0.883. The van der Waals surface area contributed by atoms with E-state index in [1.807, 2.05) is 30.3 Å². The third-order valence-corrected chi connectivity index (χ3v) is 2.44. The van der Waals surface area contributed by atoms with Crippen molar-refractivity contribution in [1.82, 2.24) is 4.90 Å². The molecule has 5 heteroatoms. The molecule has 0 aromatic heterocycles. The molecule has 2 N–H and O–H groups in total. The lowest BCUT2D eigenvalue weighted by Crippen LogP contribution is -2.28. The topological polar surface area (TPSA) is 70.0 Å². The molecule has 2 rings (SSSR count). The second kappa shape index (κ2) is 4.88. The fourth-order valence-electron chi connectivity index (χ4n) is 1.51. The van der Waals surface area contributed by atoms with Crippen molar-refractivity contribution in [3.8, 4) is 0 Å². The van der Waals surface area contributed by atoms with Crippen LogP contribution in [0.15, 0.2) is 42.3 Å². The number of aliphatic hydroxyl groups is 2. The van der Waals surface area contributed by atoms with E-state index in [1.54, 1.807) is 0 Å². The first-order chi connectivity index (χ1) is 8.16. The molecule has 90 valence electrons. The maximum absolute atomic E-state index is 11.5. The lowest BCUT2D eigenvalue weighted by atomic mass is 10.2. The van der Waals surface area contributed by atoms with E-state index in [0.29, 0.717) is 0 Å². The minimum atomic E-state index is -1.01. The highest BCUT2D eigenvalue weighted by atomic mass is 16.6. The zero-order valence-corrected chi connectivity index (χ0v) is 9.11. The van der Waals surface area contributed by atoms with Gasteiger partial charge in [-0.05, 0) is 5.56 Å². The molecule has 0 saturated carbocycles. The summed E-state index contributed by atoms with van der Waals surface area (Å²) >= 11 is 0. The number of carbonyl (C=O) groups is 1. The van der Waals surface area contributed by atoms with Crippen LogP contribution in [0.3, 0.4) is 0 Å². The molecule has 17 heavy (non-hydrogen) atoms. The van der Waals surface area contributed by atoms with Gasteiger partial charge in [-0.2, -0.15) is 0 Å². The first-order valence-corrected chi connectivity index (χ1v) is 5.23. The number of nitrogens with zero attached hydrogens (tertiary/aromatic N) is 1. The van der Waals surface area contributed by atoms with E-state index in [2.05, 4.69) is 0 Å². The number of rotatable bonds is 2. The minimum Gasteiger partial charge on any atom is -0.508 e. The Morgan fingerprint density at radius 2 is 2.12 bits per heavy atom. The zero-order valence-electron chi connectivity index (χ0n) is 9.11. The van der Waals surface area contributed by atoms with Crippen molar-refractivity contribution < 1.29 is 19.7 Å². The zero-order chi connectivity index (χ0) is 12.3. The highest BCUT2D eigenvalue weighted by Gasteiger charge is 2.26. The maximum Gasteiger partial charge on any atom is 0.414 e. The van der Waals surface area contributed by atoms with Gasteiger partial charge in [0.15, 0.2) is 0 Å². The van der Waals surface area contributed by atoms with Gasteiger partial charge in [0.2, 0.25) is 0 Å². The molecule has 1 aliphatic rings. The summed E-state index contributed by atoms with van der Waals surface area (Å²) in [4.78, 5) is 12.7. The molecule has 5 nitrogen and oxygen atoms in total. The summed E-state index contributed by atoms with van der Waals surface area (Å²) < 4.78 is 5.03. The van der Waals surface area contributed by atoms with Crippen molar-refractivity contribution in [3.05, 3.63) is 47.9 Å². The molecule has 1 heterocycles. The van der Waals surface area contributed by atoms with Crippen LogP contribution in [-0.4, -0.2) is 33.9 Å². The second-order valence-electron chi connectivity index (χ2n) is 3.76. The molecule has 0 bridgehead atoms. The molecule has 1 atom stereocenters. The maximum atomic E-state index is 11.5. The van der Waals surface area contributed by atoms with Crippen molar-refractivity contribution in [3.63, 3.8) is 0 Å². The first-order valence-electron chi connectivity index (χ1n) is 5.23. The number of benzene rings is 1. The van der Waals surface area contributed by atoms with Crippen LogP contribution in [0.4, 0.5) is 4.79 Å². The standard InChI is InChI=1S/C12H13NO4/c14-10-6-13(7-11(10)15)12(16)17-8-9-4-2-1-3-5-9/h1-6,11,14-15H,7-8H2. The smallest absolute Gasteiger partial charge is 0.414 e. The van der Waals surface area contributed by atoms with Gasteiger partial charge in [-0.3, -0.25) is 4.90 Å². The molecular weight excluding hydrogens is 222 g/mol. The molecule has 0 saturated heterocycles. The van der Waals surface area contributed by atoms with E-state index in [1.165, 1.54) is 6.20 Å². The number of hydrogen-bond acceptors (Lipinski definition) is 4. The average molecular weight is 235 g/mol. The molecule has 1 aliphatic heterocycles. The number of β-amino-alcohol motifs (C(OH)–C–C–N with tert-alkyl or cyclic N) is 1. The van der Waals surface area contributed by atoms with Crippen LogP contribution >= 0.6 is 0 Å². The van der Waals surface area contributed by atoms with E-state index < -0.39 is 12.2 Å². The Balaban J connectivity index is 1.87. The predicted octanol–water partition coefficient (Wildman–Crippen LogP) is 1.40. The van der Waals surface area contributed by atoms with Crippen LogP contribution < -0.4 is 0 Å². The van der Waals surface area contributed by atoms with E-state index in [4.69, 9.17) is 9.84 Å². The van der Waals surface area contributed by atoms with Crippen molar-refractivity contribution in [2.24, 2.45) is 0 Å². The van der Waals surface area contributed by atoms with Gasteiger partial charge in [0.25, 0.3) is 0 Å². The summed E-state index contributed by atoms with van der Waals surface area (Å²) in [7, 11) is 0. The first kappa shape index (κ1) is 11.5. The van der Waals surface area contributed by atoms with E-state index in [9.17, 15) is 9.90 Å². The Bertz CT molecular complexity index is 429. The molecule has 1 aromatic rings. The summed E-state index contributed by atoms with van der Waals surface area (Å²) in [6, 6.07) is 9.28. The number of amides is 1.